The summed E-state index contributed by atoms with van der Waals surface area (Å²) in [4.78, 5) is 14.8. The largest absolute Gasteiger partial charge is 0.497 e. The summed E-state index contributed by atoms with van der Waals surface area (Å²) in [6.07, 6.45) is 1.13. The van der Waals surface area contributed by atoms with E-state index >= 15 is 0 Å². The summed E-state index contributed by atoms with van der Waals surface area (Å²) in [5.74, 6) is 1.41. The molecule has 0 spiro atoms. The molecule has 40 heavy (non-hydrogen) atoms. The highest BCUT2D eigenvalue weighted by Gasteiger charge is 2.38. The van der Waals surface area contributed by atoms with Crippen molar-refractivity contribution in [2.75, 3.05) is 32.7 Å². The van der Waals surface area contributed by atoms with Crippen molar-refractivity contribution in [3.63, 3.8) is 0 Å². The van der Waals surface area contributed by atoms with Crippen LogP contribution in [0, 0.1) is 0 Å². The number of fused-ring (bicyclic) bond motifs is 1. The van der Waals surface area contributed by atoms with Gasteiger partial charge in [-0.2, -0.15) is 0 Å². The molecule has 2 heterocycles. The van der Waals surface area contributed by atoms with E-state index < -0.39 is 18.1 Å². The Bertz CT molecular complexity index is 1480. The molecule has 0 aliphatic heterocycles. The molecule has 0 amide bonds. The molecule has 2 atom stereocenters. The fraction of sp³-hybridized carbons (Fsp3) is 0.258. The van der Waals surface area contributed by atoms with Crippen LogP contribution in [0.1, 0.15) is 30.0 Å². The van der Waals surface area contributed by atoms with Crippen molar-refractivity contribution in [2.45, 2.75) is 25.0 Å². The summed E-state index contributed by atoms with van der Waals surface area (Å²) < 4.78 is 19.7. The average Bonchev–Trinajstić information content (AvgIpc) is 3.43. The van der Waals surface area contributed by atoms with Gasteiger partial charge in [0.2, 0.25) is 6.41 Å². The monoisotopic (exact) mass is 539 g/mol. The van der Waals surface area contributed by atoms with Gasteiger partial charge in [0.25, 0.3) is 0 Å². The topological polar surface area (TPSA) is 94.8 Å². The Labute approximate surface area is 233 Å². The Balaban J connectivity index is 1.45. The average molecular weight is 540 g/mol. The highest BCUT2D eigenvalue weighted by molar-refractivity contribution is 5.83. The lowest BCUT2D eigenvalue weighted by Gasteiger charge is -2.37. The van der Waals surface area contributed by atoms with E-state index in [1.165, 1.54) is 17.2 Å². The number of ether oxygens (including phenoxy) is 3. The van der Waals surface area contributed by atoms with Gasteiger partial charge in [0.05, 0.1) is 19.8 Å². The maximum absolute atomic E-state index is 11.0. The Morgan fingerprint density at radius 3 is 2.02 bits per heavy atom. The Morgan fingerprint density at radius 2 is 1.45 bits per heavy atom. The van der Waals surface area contributed by atoms with Gasteiger partial charge in [-0.1, -0.05) is 72.8 Å². The standard InChI is InChI=1S/C31H33N5O4/c1-22(40-30(37)36-21-34-27-28(35(2)3)32-20-33-29(27)36)19-39-31(23-11-7-5-8-12-23,24-13-9-6-10-14-24)25-15-17-26(38-4)18-16-25/h5-18,20-22,30,37H,19H2,1-4H3. The molecule has 9 nitrogen and oxygen atoms in total. The van der Waals surface area contributed by atoms with Crippen LogP contribution in [0.5, 0.6) is 5.75 Å². The van der Waals surface area contributed by atoms with Crippen LogP contribution in [-0.2, 0) is 15.1 Å². The molecule has 5 aromatic rings. The third kappa shape index (κ3) is 5.27. The number of methoxy groups -OCH3 is 1. The first kappa shape index (κ1) is 27.3. The van der Waals surface area contributed by atoms with Crippen molar-refractivity contribution < 1.29 is 19.3 Å². The second-order valence-electron chi connectivity index (χ2n) is 9.64. The third-order valence-corrected chi connectivity index (χ3v) is 6.75. The summed E-state index contributed by atoms with van der Waals surface area (Å²) in [6, 6.07) is 28.0. The predicted molar refractivity (Wildman–Crippen MR) is 153 cm³/mol. The number of anilines is 1. The van der Waals surface area contributed by atoms with E-state index in [2.05, 4.69) is 39.2 Å². The number of nitrogens with zero attached hydrogens (tertiary/aromatic N) is 5. The second-order valence-corrected chi connectivity index (χ2v) is 9.64. The molecule has 5 rings (SSSR count). The number of rotatable bonds is 11. The van der Waals surface area contributed by atoms with Crippen LogP contribution in [0.2, 0.25) is 0 Å². The second kappa shape index (κ2) is 11.8. The fourth-order valence-electron chi connectivity index (χ4n) is 4.80. The molecule has 2 unspecified atom stereocenters. The van der Waals surface area contributed by atoms with Crippen molar-refractivity contribution in [3.05, 3.63) is 114 Å². The summed E-state index contributed by atoms with van der Waals surface area (Å²) >= 11 is 0. The Kier molecular flexibility index (Phi) is 8.06. The van der Waals surface area contributed by atoms with E-state index in [1.807, 2.05) is 86.6 Å². The number of aromatic nitrogens is 4. The summed E-state index contributed by atoms with van der Waals surface area (Å²) in [7, 11) is 5.40. The molecule has 206 valence electrons. The first-order valence-corrected chi connectivity index (χ1v) is 13.0. The highest BCUT2D eigenvalue weighted by Crippen LogP contribution is 2.41. The molecular formula is C31H33N5O4. The SMILES string of the molecule is COc1ccc(C(OCC(C)OC(O)n2cnc3c(N(C)C)ncnc32)(c2ccccc2)c2ccccc2)cc1. The minimum absolute atomic E-state index is 0.178. The molecule has 0 fully saturated rings. The number of benzene rings is 3. The van der Waals surface area contributed by atoms with Crippen molar-refractivity contribution >= 4 is 17.0 Å². The lowest BCUT2D eigenvalue weighted by Crippen LogP contribution is -2.36. The van der Waals surface area contributed by atoms with Crippen LogP contribution >= 0.6 is 0 Å². The lowest BCUT2D eigenvalue weighted by molar-refractivity contribution is -0.195. The summed E-state index contributed by atoms with van der Waals surface area (Å²) in [5, 5.41) is 11.0. The van der Waals surface area contributed by atoms with Gasteiger partial charge < -0.3 is 24.2 Å². The van der Waals surface area contributed by atoms with E-state index in [9.17, 15) is 5.11 Å². The zero-order valence-electron chi connectivity index (χ0n) is 23.0. The van der Waals surface area contributed by atoms with Crippen LogP contribution in [-0.4, -0.2) is 58.5 Å². The maximum Gasteiger partial charge on any atom is 0.244 e. The fourth-order valence-corrected chi connectivity index (χ4v) is 4.80. The molecule has 0 saturated heterocycles. The number of imidazole rings is 1. The number of hydrogen-bond acceptors (Lipinski definition) is 8. The minimum atomic E-state index is -1.32. The number of aliphatic hydroxyl groups is 1. The molecule has 0 aliphatic carbocycles. The summed E-state index contributed by atoms with van der Waals surface area (Å²) in [6.45, 7) is 2.04. The normalized spacial score (nSPS) is 13.2. The van der Waals surface area contributed by atoms with Gasteiger partial charge in [0.1, 0.15) is 24.0 Å². The lowest BCUT2D eigenvalue weighted by atomic mass is 9.80. The number of aliphatic hydroxyl groups excluding tert-OH is 1. The van der Waals surface area contributed by atoms with Gasteiger partial charge >= 0.3 is 0 Å². The first-order chi connectivity index (χ1) is 19.4. The van der Waals surface area contributed by atoms with Gasteiger partial charge in [-0.25, -0.2) is 15.0 Å². The molecule has 0 bridgehead atoms. The molecule has 0 radical (unpaired) electrons. The zero-order valence-corrected chi connectivity index (χ0v) is 23.0. The van der Waals surface area contributed by atoms with Gasteiger partial charge in [0, 0.05) is 14.1 Å². The molecule has 2 aromatic heterocycles. The van der Waals surface area contributed by atoms with E-state index in [4.69, 9.17) is 14.2 Å². The van der Waals surface area contributed by atoms with Crippen molar-refractivity contribution in [1.29, 1.82) is 0 Å². The van der Waals surface area contributed by atoms with Crippen molar-refractivity contribution in [3.8, 4) is 5.75 Å². The molecule has 1 N–H and O–H groups in total. The van der Waals surface area contributed by atoms with E-state index in [1.54, 1.807) is 7.11 Å². The molecule has 9 heteroatoms. The van der Waals surface area contributed by atoms with E-state index in [-0.39, 0.29) is 6.61 Å². The molecule has 0 saturated carbocycles. The van der Waals surface area contributed by atoms with Crippen LogP contribution in [0.25, 0.3) is 11.2 Å². The van der Waals surface area contributed by atoms with Crippen LogP contribution in [0.15, 0.2) is 97.6 Å². The first-order valence-electron chi connectivity index (χ1n) is 13.0. The van der Waals surface area contributed by atoms with E-state index in [0.717, 1.165) is 22.4 Å². The summed E-state index contributed by atoms with van der Waals surface area (Å²) in [5.41, 5.74) is 2.98. The molecule has 0 aliphatic rings. The quantitative estimate of drug-likeness (QED) is 0.190. The Hall–Kier alpha value is -4.31. The number of hydrogen-bond donors (Lipinski definition) is 1. The highest BCUT2D eigenvalue weighted by atomic mass is 16.6. The van der Waals surface area contributed by atoms with Crippen LogP contribution < -0.4 is 9.64 Å². The third-order valence-electron chi connectivity index (χ3n) is 6.75. The van der Waals surface area contributed by atoms with Gasteiger partial charge in [-0.3, -0.25) is 4.57 Å². The van der Waals surface area contributed by atoms with Crippen LogP contribution in [0.3, 0.4) is 0 Å². The smallest absolute Gasteiger partial charge is 0.244 e. The van der Waals surface area contributed by atoms with E-state index in [0.29, 0.717) is 17.0 Å². The van der Waals surface area contributed by atoms with Gasteiger partial charge in [-0.05, 0) is 35.7 Å². The zero-order chi connectivity index (χ0) is 28.1. The van der Waals surface area contributed by atoms with Crippen molar-refractivity contribution in [1.82, 2.24) is 19.5 Å². The molecule has 3 aromatic carbocycles. The maximum atomic E-state index is 11.0. The minimum Gasteiger partial charge on any atom is -0.497 e. The Morgan fingerprint density at radius 1 is 0.850 bits per heavy atom. The van der Waals surface area contributed by atoms with Crippen molar-refractivity contribution in [2.24, 2.45) is 0 Å². The van der Waals surface area contributed by atoms with Gasteiger partial charge in [0.15, 0.2) is 17.0 Å². The van der Waals surface area contributed by atoms with Crippen LogP contribution in [0.4, 0.5) is 5.82 Å². The predicted octanol–water partition coefficient (Wildman–Crippen LogP) is 4.76. The van der Waals surface area contributed by atoms with Gasteiger partial charge in [-0.15, -0.1) is 0 Å². The molecular weight excluding hydrogens is 506 g/mol.